The van der Waals surface area contributed by atoms with Crippen LogP contribution >= 0.6 is 0 Å². The standard InChI is InChI=1S/C16H22F3NO/c1-2-11-20-12-10-15(8-3-9-15)21-14-6-4-13(5-7-14)16(17,18)19/h4-7,20H,2-3,8-12H2,1H3. The maximum Gasteiger partial charge on any atom is 0.416 e. The van der Waals surface area contributed by atoms with Gasteiger partial charge in [-0.2, -0.15) is 13.2 Å². The van der Waals surface area contributed by atoms with Crippen molar-refractivity contribution in [2.24, 2.45) is 0 Å². The molecule has 0 aliphatic heterocycles. The number of rotatable bonds is 7. The lowest BCUT2D eigenvalue weighted by Gasteiger charge is -2.42. The first-order chi connectivity index (χ1) is 9.95. The van der Waals surface area contributed by atoms with Crippen molar-refractivity contribution in [1.82, 2.24) is 5.32 Å². The largest absolute Gasteiger partial charge is 0.487 e. The average Bonchev–Trinajstić information content (AvgIpc) is 2.40. The highest BCUT2D eigenvalue weighted by molar-refractivity contribution is 5.29. The quantitative estimate of drug-likeness (QED) is 0.754. The Morgan fingerprint density at radius 2 is 1.81 bits per heavy atom. The van der Waals surface area contributed by atoms with Crippen LogP contribution in [-0.2, 0) is 6.18 Å². The van der Waals surface area contributed by atoms with E-state index in [4.69, 9.17) is 4.74 Å². The summed E-state index contributed by atoms with van der Waals surface area (Å²) in [7, 11) is 0. The predicted molar refractivity (Wildman–Crippen MR) is 76.4 cm³/mol. The first-order valence-electron chi connectivity index (χ1n) is 7.52. The number of halogens is 3. The van der Waals surface area contributed by atoms with E-state index in [1.807, 2.05) is 0 Å². The summed E-state index contributed by atoms with van der Waals surface area (Å²) < 4.78 is 43.6. The molecule has 0 saturated heterocycles. The van der Waals surface area contributed by atoms with Crippen LogP contribution in [0.5, 0.6) is 5.75 Å². The highest BCUT2D eigenvalue weighted by Gasteiger charge is 2.39. The Kier molecular flexibility index (Phi) is 5.14. The number of hydrogen-bond donors (Lipinski definition) is 1. The highest BCUT2D eigenvalue weighted by Crippen LogP contribution is 2.39. The van der Waals surface area contributed by atoms with Gasteiger partial charge in [0.2, 0.25) is 0 Å². The second-order valence-electron chi connectivity index (χ2n) is 5.66. The minimum Gasteiger partial charge on any atom is -0.487 e. The molecule has 0 aromatic heterocycles. The van der Waals surface area contributed by atoms with Gasteiger partial charge in [-0.1, -0.05) is 6.92 Å². The van der Waals surface area contributed by atoms with Crippen molar-refractivity contribution in [3.63, 3.8) is 0 Å². The molecule has 0 amide bonds. The minimum atomic E-state index is -4.29. The normalized spacial score (nSPS) is 17.3. The summed E-state index contributed by atoms with van der Waals surface area (Å²) in [4.78, 5) is 0. The molecule has 1 aliphatic carbocycles. The average molecular weight is 301 g/mol. The summed E-state index contributed by atoms with van der Waals surface area (Å²) in [5.74, 6) is 0.526. The zero-order valence-corrected chi connectivity index (χ0v) is 12.3. The molecule has 2 nitrogen and oxygen atoms in total. The first-order valence-corrected chi connectivity index (χ1v) is 7.52. The number of nitrogens with one attached hydrogen (secondary N) is 1. The van der Waals surface area contributed by atoms with Crippen molar-refractivity contribution in [2.45, 2.75) is 50.8 Å². The lowest BCUT2D eigenvalue weighted by molar-refractivity contribution is -0.137. The number of hydrogen-bond acceptors (Lipinski definition) is 2. The zero-order chi connectivity index (χ0) is 15.3. The Labute approximate surface area is 123 Å². The summed E-state index contributed by atoms with van der Waals surface area (Å²) in [5, 5.41) is 3.34. The molecule has 1 aromatic carbocycles. The summed E-state index contributed by atoms with van der Waals surface area (Å²) in [6.07, 6.45) is 0.760. The maximum atomic E-state index is 12.5. The fourth-order valence-corrected chi connectivity index (χ4v) is 2.55. The molecule has 21 heavy (non-hydrogen) atoms. The zero-order valence-electron chi connectivity index (χ0n) is 12.3. The van der Waals surface area contributed by atoms with Crippen LogP contribution in [0, 0.1) is 0 Å². The Bertz CT molecular complexity index is 438. The lowest BCUT2D eigenvalue weighted by atomic mass is 9.77. The Balaban J connectivity index is 1.92. The second kappa shape index (κ2) is 6.69. The van der Waals surface area contributed by atoms with Gasteiger partial charge in [0.15, 0.2) is 0 Å². The van der Waals surface area contributed by atoms with Crippen LogP contribution in [0.1, 0.15) is 44.6 Å². The summed E-state index contributed by atoms with van der Waals surface area (Å²) in [6, 6.07) is 5.00. The highest BCUT2D eigenvalue weighted by atomic mass is 19.4. The van der Waals surface area contributed by atoms with Gasteiger partial charge in [-0.15, -0.1) is 0 Å². The molecule has 1 saturated carbocycles. The van der Waals surface area contributed by atoms with E-state index in [1.54, 1.807) is 0 Å². The summed E-state index contributed by atoms with van der Waals surface area (Å²) in [6.45, 7) is 3.98. The molecule has 1 aliphatic rings. The topological polar surface area (TPSA) is 21.3 Å². The van der Waals surface area contributed by atoms with Gasteiger partial charge in [0.05, 0.1) is 5.56 Å². The van der Waals surface area contributed by atoms with Gasteiger partial charge in [-0.25, -0.2) is 0 Å². The van der Waals surface area contributed by atoms with Crippen LogP contribution in [-0.4, -0.2) is 18.7 Å². The van der Waals surface area contributed by atoms with E-state index in [1.165, 1.54) is 12.1 Å². The SMILES string of the molecule is CCCNCCC1(Oc2ccc(C(F)(F)F)cc2)CCC1. The van der Waals surface area contributed by atoms with Gasteiger partial charge in [0.1, 0.15) is 11.4 Å². The van der Waals surface area contributed by atoms with E-state index in [-0.39, 0.29) is 5.60 Å². The first kappa shape index (κ1) is 16.1. The van der Waals surface area contributed by atoms with Gasteiger partial charge in [-0.05, 0) is 69.5 Å². The summed E-state index contributed by atoms with van der Waals surface area (Å²) in [5.41, 5.74) is -0.831. The van der Waals surface area contributed by atoms with Gasteiger partial charge in [0.25, 0.3) is 0 Å². The minimum absolute atomic E-state index is 0.194. The molecule has 2 rings (SSSR count). The van der Waals surface area contributed by atoms with Crippen molar-refractivity contribution < 1.29 is 17.9 Å². The van der Waals surface area contributed by atoms with Crippen LogP contribution in [0.3, 0.4) is 0 Å². The van der Waals surface area contributed by atoms with Crippen LogP contribution in [0.25, 0.3) is 0 Å². The Morgan fingerprint density at radius 3 is 2.29 bits per heavy atom. The Morgan fingerprint density at radius 1 is 1.14 bits per heavy atom. The Hall–Kier alpha value is -1.23. The molecule has 0 radical (unpaired) electrons. The van der Waals surface area contributed by atoms with Gasteiger partial charge >= 0.3 is 6.18 Å². The number of ether oxygens (including phenoxy) is 1. The van der Waals surface area contributed by atoms with Crippen molar-refractivity contribution >= 4 is 0 Å². The molecule has 5 heteroatoms. The third-order valence-electron chi connectivity index (χ3n) is 3.96. The van der Waals surface area contributed by atoms with Crippen molar-refractivity contribution in [3.05, 3.63) is 29.8 Å². The maximum absolute atomic E-state index is 12.5. The van der Waals surface area contributed by atoms with Gasteiger partial charge in [0, 0.05) is 0 Å². The van der Waals surface area contributed by atoms with Crippen LogP contribution in [0.4, 0.5) is 13.2 Å². The van der Waals surface area contributed by atoms with Crippen LogP contribution in [0.2, 0.25) is 0 Å². The summed E-state index contributed by atoms with van der Waals surface area (Å²) >= 11 is 0. The monoisotopic (exact) mass is 301 g/mol. The van der Waals surface area contributed by atoms with Crippen molar-refractivity contribution in [2.75, 3.05) is 13.1 Å². The van der Waals surface area contributed by atoms with Crippen molar-refractivity contribution in [3.8, 4) is 5.75 Å². The smallest absolute Gasteiger partial charge is 0.416 e. The molecule has 1 fully saturated rings. The number of alkyl halides is 3. The second-order valence-corrected chi connectivity index (χ2v) is 5.66. The molecule has 0 heterocycles. The molecular formula is C16H22F3NO. The predicted octanol–water partition coefficient (Wildman–Crippen LogP) is 4.40. The molecule has 0 atom stereocenters. The van der Waals surface area contributed by atoms with Crippen molar-refractivity contribution in [1.29, 1.82) is 0 Å². The molecule has 0 unspecified atom stereocenters. The fraction of sp³-hybridized carbons (Fsp3) is 0.625. The third kappa shape index (κ3) is 4.37. The van der Waals surface area contributed by atoms with Gasteiger partial charge in [-0.3, -0.25) is 0 Å². The molecule has 0 bridgehead atoms. The molecule has 1 N–H and O–H groups in total. The van der Waals surface area contributed by atoms with Crippen LogP contribution < -0.4 is 10.1 Å². The van der Waals surface area contributed by atoms with Gasteiger partial charge < -0.3 is 10.1 Å². The fourth-order valence-electron chi connectivity index (χ4n) is 2.55. The molecule has 118 valence electrons. The lowest BCUT2D eigenvalue weighted by Crippen LogP contribution is -2.45. The van der Waals surface area contributed by atoms with Crippen LogP contribution in [0.15, 0.2) is 24.3 Å². The van der Waals surface area contributed by atoms with E-state index in [2.05, 4.69) is 12.2 Å². The molecule has 0 spiro atoms. The molecular weight excluding hydrogens is 279 g/mol. The molecule has 1 aromatic rings. The van der Waals surface area contributed by atoms with E-state index in [9.17, 15) is 13.2 Å². The third-order valence-corrected chi connectivity index (χ3v) is 3.96. The number of benzene rings is 1. The van der Waals surface area contributed by atoms with E-state index in [0.29, 0.717) is 5.75 Å². The van der Waals surface area contributed by atoms with E-state index >= 15 is 0 Å². The van der Waals surface area contributed by atoms with E-state index in [0.717, 1.165) is 57.3 Å². The van der Waals surface area contributed by atoms with E-state index < -0.39 is 11.7 Å².